The highest BCUT2D eigenvalue weighted by Crippen LogP contribution is 2.35. The predicted octanol–water partition coefficient (Wildman–Crippen LogP) is 5.47. The van der Waals surface area contributed by atoms with Crippen molar-refractivity contribution in [3.05, 3.63) is 77.6 Å². The number of amides is 1. The van der Waals surface area contributed by atoms with Gasteiger partial charge in [0.1, 0.15) is 5.56 Å². The van der Waals surface area contributed by atoms with Crippen LogP contribution in [0.1, 0.15) is 34.5 Å². The van der Waals surface area contributed by atoms with Crippen LogP contribution in [0, 0.1) is 0 Å². The maximum atomic E-state index is 13.9. The first-order valence-electron chi connectivity index (χ1n) is 11.8. The molecular weight excluding hydrogens is 564 g/mol. The van der Waals surface area contributed by atoms with E-state index in [1.807, 2.05) is 0 Å². The largest absolute Gasteiger partial charge is 0.433 e. The summed E-state index contributed by atoms with van der Waals surface area (Å²) >= 11 is 0. The van der Waals surface area contributed by atoms with Crippen LogP contribution in [0.25, 0.3) is 16.9 Å². The van der Waals surface area contributed by atoms with Gasteiger partial charge in [0.25, 0.3) is 5.91 Å². The number of hydrogen-bond acceptors (Lipinski definition) is 5. The molecule has 1 aliphatic heterocycles. The highest BCUT2D eigenvalue weighted by atomic mass is 32.2. The monoisotopic (exact) mass is 583 g/mol. The average molecular weight is 584 g/mol. The lowest BCUT2D eigenvalue weighted by Gasteiger charge is -2.16. The first-order valence-corrected chi connectivity index (χ1v) is 13.2. The van der Waals surface area contributed by atoms with E-state index < -0.39 is 45.2 Å². The Morgan fingerprint density at radius 2 is 1.57 bits per heavy atom. The van der Waals surface area contributed by atoms with E-state index >= 15 is 0 Å². The van der Waals surface area contributed by atoms with Crippen LogP contribution in [0.4, 0.5) is 32.0 Å². The molecule has 5 rings (SSSR count). The molecule has 1 N–H and O–H groups in total. The average Bonchev–Trinajstić information content (AvgIpc) is 3.58. The molecule has 0 aliphatic carbocycles. The standard InChI is InChI=1S/C25H19F6N5O3S/c26-24(27,28)16-8-6-15(7-9-16)20-13-21(25(29,30)31)36-22(34-20)19(14-32-36)23(37)33-17-4-3-5-18(12-17)40(38,39)35-10-1-2-11-35/h3-9,12-14H,1-2,10-11H2,(H,33,37). The van der Waals surface area contributed by atoms with Crippen LogP contribution >= 0.6 is 0 Å². The molecule has 0 radical (unpaired) electrons. The molecule has 1 aliphatic rings. The van der Waals surface area contributed by atoms with E-state index in [1.54, 1.807) is 0 Å². The van der Waals surface area contributed by atoms with Crippen molar-refractivity contribution >= 4 is 27.3 Å². The zero-order chi connectivity index (χ0) is 28.9. The summed E-state index contributed by atoms with van der Waals surface area (Å²) in [5.41, 5.74) is -3.47. The van der Waals surface area contributed by atoms with Crippen molar-refractivity contribution in [3.8, 4) is 11.3 Å². The second kappa shape index (κ2) is 9.89. The number of halogens is 6. The fourth-order valence-electron chi connectivity index (χ4n) is 4.31. The third-order valence-electron chi connectivity index (χ3n) is 6.31. The summed E-state index contributed by atoms with van der Waals surface area (Å²) in [6.07, 6.45) is -7.26. The molecule has 2 aromatic carbocycles. The first kappa shape index (κ1) is 27.6. The minimum absolute atomic E-state index is 0.0478. The highest BCUT2D eigenvalue weighted by molar-refractivity contribution is 7.89. The number of aromatic nitrogens is 3. The Morgan fingerprint density at radius 1 is 0.900 bits per heavy atom. The number of alkyl halides is 6. The summed E-state index contributed by atoms with van der Waals surface area (Å²) in [6, 6.07) is 9.42. The molecule has 2 aromatic heterocycles. The van der Waals surface area contributed by atoms with E-state index in [-0.39, 0.29) is 27.4 Å². The Bertz CT molecular complexity index is 1690. The Morgan fingerprint density at radius 3 is 2.20 bits per heavy atom. The predicted molar refractivity (Wildman–Crippen MR) is 131 cm³/mol. The van der Waals surface area contributed by atoms with E-state index in [4.69, 9.17) is 0 Å². The number of benzene rings is 2. The second-order valence-corrected chi connectivity index (χ2v) is 10.9. The van der Waals surface area contributed by atoms with Gasteiger partial charge in [0.15, 0.2) is 11.3 Å². The van der Waals surface area contributed by atoms with Gasteiger partial charge >= 0.3 is 12.4 Å². The van der Waals surface area contributed by atoms with Gasteiger partial charge in [-0.15, -0.1) is 0 Å². The van der Waals surface area contributed by atoms with Gasteiger partial charge in [0, 0.05) is 24.3 Å². The van der Waals surface area contributed by atoms with Crippen LogP contribution in [0.15, 0.2) is 65.7 Å². The summed E-state index contributed by atoms with van der Waals surface area (Å²) in [5.74, 6) is -0.920. The van der Waals surface area contributed by atoms with Crippen LogP contribution in [-0.4, -0.2) is 46.3 Å². The van der Waals surface area contributed by atoms with Crippen molar-refractivity contribution < 1.29 is 39.6 Å². The van der Waals surface area contributed by atoms with Crippen molar-refractivity contribution in [2.75, 3.05) is 18.4 Å². The van der Waals surface area contributed by atoms with E-state index in [2.05, 4.69) is 15.4 Å². The first-order chi connectivity index (χ1) is 18.7. The molecule has 8 nitrogen and oxygen atoms in total. The van der Waals surface area contributed by atoms with E-state index in [0.717, 1.165) is 31.2 Å². The number of rotatable bonds is 5. The number of nitrogens with one attached hydrogen (secondary N) is 1. The zero-order valence-corrected chi connectivity index (χ0v) is 21.1. The Labute approximate surface area is 223 Å². The number of carbonyl (C=O) groups excluding carboxylic acids is 1. The fourth-order valence-corrected chi connectivity index (χ4v) is 5.88. The van der Waals surface area contributed by atoms with Crippen molar-refractivity contribution in [2.45, 2.75) is 30.1 Å². The van der Waals surface area contributed by atoms with E-state index in [1.165, 1.54) is 28.6 Å². The molecule has 0 bridgehead atoms. The lowest BCUT2D eigenvalue weighted by molar-refractivity contribution is -0.142. The lowest BCUT2D eigenvalue weighted by Crippen LogP contribution is -2.27. The molecule has 210 valence electrons. The number of carbonyl (C=O) groups is 1. The third kappa shape index (κ3) is 5.25. The summed E-state index contributed by atoms with van der Waals surface area (Å²) in [6.45, 7) is 0.742. The quantitative estimate of drug-likeness (QED) is 0.315. The van der Waals surface area contributed by atoms with Crippen molar-refractivity contribution in [2.24, 2.45) is 0 Å². The molecule has 1 amide bonds. The van der Waals surface area contributed by atoms with Crippen LogP contribution in [0.5, 0.6) is 0 Å². The maximum absolute atomic E-state index is 13.9. The normalized spacial score (nSPS) is 15.1. The van der Waals surface area contributed by atoms with Gasteiger partial charge in [-0.3, -0.25) is 4.79 Å². The van der Waals surface area contributed by atoms with Crippen molar-refractivity contribution in [1.29, 1.82) is 0 Å². The van der Waals surface area contributed by atoms with Crippen LogP contribution in [-0.2, 0) is 22.4 Å². The van der Waals surface area contributed by atoms with E-state index in [0.29, 0.717) is 35.8 Å². The maximum Gasteiger partial charge on any atom is 0.433 e. The van der Waals surface area contributed by atoms with Crippen LogP contribution in [0.2, 0.25) is 0 Å². The zero-order valence-electron chi connectivity index (χ0n) is 20.3. The second-order valence-electron chi connectivity index (χ2n) is 8.99. The van der Waals surface area contributed by atoms with Gasteiger partial charge in [0.2, 0.25) is 10.0 Å². The van der Waals surface area contributed by atoms with Gasteiger partial charge in [0.05, 0.1) is 22.3 Å². The topological polar surface area (TPSA) is 96.7 Å². The summed E-state index contributed by atoms with van der Waals surface area (Å²) in [4.78, 5) is 17.1. The Balaban J connectivity index is 1.52. The number of fused-ring (bicyclic) bond motifs is 1. The van der Waals surface area contributed by atoms with Crippen LogP contribution in [0.3, 0.4) is 0 Å². The van der Waals surface area contributed by atoms with Gasteiger partial charge in [-0.25, -0.2) is 17.9 Å². The van der Waals surface area contributed by atoms with Gasteiger partial charge in [-0.05, 0) is 49.2 Å². The third-order valence-corrected chi connectivity index (χ3v) is 8.20. The minimum Gasteiger partial charge on any atom is -0.322 e. The Hall–Kier alpha value is -3.98. The molecule has 1 fully saturated rings. The Kier molecular flexibility index (Phi) is 6.82. The van der Waals surface area contributed by atoms with E-state index in [9.17, 15) is 39.6 Å². The lowest BCUT2D eigenvalue weighted by atomic mass is 10.1. The highest BCUT2D eigenvalue weighted by Gasteiger charge is 2.36. The molecular formula is C25H19F6N5O3S. The summed E-state index contributed by atoms with van der Waals surface area (Å²) in [5, 5.41) is 6.12. The number of nitrogens with zero attached hydrogens (tertiary/aromatic N) is 4. The number of anilines is 1. The van der Waals surface area contributed by atoms with Gasteiger partial charge in [-0.2, -0.15) is 35.7 Å². The molecule has 0 spiro atoms. The van der Waals surface area contributed by atoms with Crippen molar-refractivity contribution in [1.82, 2.24) is 18.9 Å². The fraction of sp³-hybridized carbons (Fsp3) is 0.240. The molecule has 40 heavy (non-hydrogen) atoms. The van der Waals surface area contributed by atoms with Gasteiger partial charge < -0.3 is 5.32 Å². The summed E-state index contributed by atoms with van der Waals surface area (Å²) in [7, 11) is -3.80. The van der Waals surface area contributed by atoms with Crippen LogP contribution < -0.4 is 5.32 Å². The molecule has 3 heterocycles. The SMILES string of the molecule is O=C(Nc1cccc(S(=O)(=O)N2CCCC2)c1)c1cnn2c(C(F)(F)F)cc(-c3ccc(C(F)(F)F)cc3)nc12. The van der Waals surface area contributed by atoms with Crippen molar-refractivity contribution in [3.63, 3.8) is 0 Å². The molecule has 0 saturated carbocycles. The molecule has 4 aromatic rings. The molecule has 0 unspecified atom stereocenters. The number of sulfonamides is 1. The molecule has 1 saturated heterocycles. The molecule has 15 heteroatoms. The smallest absolute Gasteiger partial charge is 0.322 e. The number of hydrogen-bond donors (Lipinski definition) is 1. The minimum atomic E-state index is -4.94. The van der Waals surface area contributed by atoms with Gasteiger partial charge in [-0.1, -0.05) is 18.2 Å². The molecule has 0 atom stereocenters. The summed E-state index contributed by atoms with van der Waals surface area (Å²) < 4.78 is 108.